The van der Waals surface area contributed by atoms with E-state index in [-0.39, 0.29) is 0 Å². The van der Waals surface area contributed by atoms with Crippen LogP contribution in [0.3, 0.4) is 0 Å². The van der Waals surface area contributed by atoms with E-state index in [4.69, 9.17) is 16.7 Å². The van der Waals surface area contributed by atoms with Crippen LogP contribution in [0.15, 0.2) is 33.8 Å². The zero-order chi connectivity index (χ0) is 11.5. The highest BCUT2D eigenvalue weighted by Crippen LogP contribution is 2.30. The molecule has 0 radical (unpaired) electrons. The van der Waals surface area contributed by atoms with Gasteiger partial charge >= 0.3 is 5.97 Å². The Morgan fingerprint density at radius 3 is 2.94 bits per heavy atom. The maximum Gasteiger partial charge on any atom is 0.345 e. The number of halogens is 1. The van der Waals surface area contributed by atoms with Gasteiger partial charge in [-0.15, -0.1) is 11.3 Å². The molecule has 0 aliphatic heterocycles. The van der Waals surface area contributed by atoms with E-state index in [9.17, 15) is 4.79 Å². The zero-order valence-corrected chi connectivity index (χ0v) is 10.1. The standard InChI is InChI=1S/C9H5ClN2O2S2/c10-7-2-11-3-8(12-7)16-5-1-6(9(13)14)15-4-5/h1-4H,(H,13,14). The molecule has 4 nitrogen and oxygen atoms in total. The number of rotatable bonds is 3. The lowest BCUT2D eigenvalue weighted by atomic mass is 10.5. The summed E-state index contributed by atoms with van der Waals surface area (Å²) in [5.74, 6) is -0.922. The SMILES string of the molecule is O=C(O)c1cc(Sc2cncc(Cl)n2)cs1. The maximum absolute atomic E-state index is 10.7. The van der Waals surface area contributed by atoms with Gasteiger partial charge in [-0.05, 0) is 6.07 Å². The highest BCUT2D eigenvalue weighted by atomic mass is 35.5. The molecule has 2 aromatic rings. The first-order valence-corrected chi connectivity index (χ1v) is 6.20. The topological polar surface area (TPSA) is 63.1 Å². The van der Waals surface area contributed by atoms with Gasteiger partial charge in [-0.3, -0.25) is 4.98 Å². The summed E-state index contributed by atoms with van der Waals surface area (Å²) in [6.07, 6.45) is 3.02. The minimum atomic E-state index is -0.922. The Morgan fingerprint density at radius 2 is 2.31 bits per heavy atom. The lowest BCUT2D eigenvalue weighted by molar-refractivity contribution is 0.0702. The normalized spacial score (nSPS) is 10.3. The average molecular weight is 273 g/mol. The Balaban J connectivity index is 2.17. The van der Waals surface area contributed by atoms with Gasteiger partial charge in [-0.1, -0.05) is 23.4 Å². The molecule has 0 saturated carbocycles. The monoisotopic (exact) mass is 272 g/mol. The zero-order valence-electron chi connectivity index (χ0n) is 7.75. The number of carboxylic acid groups (broad SMARTS) is 1. The lowest BCUT2D eigenvalue weighted by Gasteiger charge is -1.96. The molecule has 0 fully saturated rings. The molecule has 16 heavy (non-hydrogen) atoms. The summed E-state index contributed by atoms with van der Waals surface area (Å²) in [5, 5.41) is 11.5. The van der Waals surface area contributed by atoms with Gasteiger partial charge in [0.15, 0.2) is 0 Å². The van der Waals surface area contributed by atoms with E-state index in [2.05, 4.69) is 9.97 Å². The van der Waals surface area contributed by atoms with Crippen molar-refractivity contribution < 1.29 is 9.90 Å². The third-order valence-corrected chi connectivity index (χ3v) is 3.72. The molecular weight excluding hydrogens is 268 g/mol. The summed E-state index contributed by atoms with van der Waals surface area (Å²) in [7, 11) is 0. The fraction of sp³-hybridized carbons (Fsp3) is 0. The Labute approximate surface area is 104 Å². The Bertz CT molecular complexity index is 530. The number of hydrogen-bond donors (Lipinski definition) is 1. The minimum absolute atomic E-state index is 0.303. The molecular formula is C9H5ClN2O2S2. The molecule has 0 aliphatic carbocycles. The summed E-state index contributed by atoms with van der Waals surface area (Å²) in [5.41, 5.74) is 0. The number of hydrogen-bond acceptors (Lipinski definition) is 5. The number of thiophene rings is 1. The average Bonchev–Trinajstić information content (AvgIpc) is 2.66. The van der Waals surface area contributed by atoms with E-state index < -0.39 is 5.97 Å². The van der Waals surface area contributed by atoms with Crippen LogP contribution in [0.1, 0.15) is 9.67 Å². The molecule has 7 heteroatoms. The van der Waals surface area contributed by atoms with Crippen LogP contribution in [0.25, 0.3) is 0 Å². The van der Waals surface area contributed by atoms with Gasteiger partial charge in [0, 0.05) is 10.3 Å². The number of nitrogens with zero attached hydrogens (tertiary/aromatic N) is 2. The molecule has 0 aliphatic rings. The largest absolute Gasteiger partial charge is 0.477 e. The molecule has 0 unspecified atom stereocenters. The Hall–Kier alpha value is -1.11. The van der Waals surface area contributed by atoms with Gasteiger partial charge in [-0.2, -0.15) is 0 Å². The van der Waals surface area contributed by atoms with E-state index >= 15 is 0 Å². The third kappa shape index (κ3) is 2.72. The molecule has 0 saturated heterocycles. The predicted molar refractivity (Wildman–Crippen MR) is 62.4 cm³/mol. The summed E-state index contributed by atoms with van der Waals surface area (Å²) in [6, 6.07) is 1.60. The van der Waals surface area contributed by atoms with Crippen LogP contribution in [0.4, 0.5) is 0 Å². The van der Waals surface area contributed by atoms with Crippen LogP contribution in [0.5, 0.6) is 0 Å². The minimum Gasteiger partial charge on any atom is -0.477 e. The van der Waals surface area contributed by atoms with Gasteiger partial charge in [0.1, 0.15) is 15.1 Å². The summed E-state index contributed by atoms with van der Waals surface area (Å²) >= 11 is 8.20. The van der Waals surface area contributed by atoms with Gasteiger partial charge in [0.05, 0.1) is 12.4 Å². The van der Waals surface area contributed by atoms with Crippen LogP contribution in [0, 0.1) is 0 Å². The van der Waals surface area contributed by atoms with Crippen molar-refractivity contribution in [2.24, 2.45) is 0 Å². The van der Waals surface area contributed by atoms with Crippen LogP contribution >= 0.6 is 34.7 Å². The fourth-order valence-corrected chi connectivity index (χ4v) is 2.87. The van der Waals surface area contributed by atoms with Gasteiger partial charge in [-0.25, -0.2) is 9.78 Å². The number of carbonyl (C=O) groups is 1. The highest BCUT2D eigenvalue weighted by molar-refractivity contribution is 7.99. The fourth-order valence-electron chi connectivity index (χ4n) is 0.980. The molecule has 2 rings (SSSR count). The summed E-state index contributed by atoms with van der Waals surface area (Å²) < 4.78 is 0. The van der Waals surface area contributed by atoms with Crippen molar-refractivity contribution in [3.63, 3.8) is 0 Å². The van der Waals surface area contributed by atoms with Crippen molar-refractivity contribution in [3.05, 3.63) is 33.9 Å². The van der Waals surface area contributed by atoms with Crippen molar-refractivity contribution in [2.75, 3.05) is 0 Å². The quantitative estimate of drug-likeness (QED) is 0.930. The first-order valence-electron chi connectivity index (χ1n) is 4.12. The van der Waals surface area contributed by atoms with Crippen molar-refractivity contribution in [3.8, 4) is 0 Å². The molecule has 0 aromatic carbocycles. The molecule has 0 bridgehead atoms. The highest BCUT2D eigenvalue weighted by Gasteiger charge is 2.08. The van der Waals surface area contributed by atoms with Crippen LogP contribution < -0.4 is 0 Å². The third-order valence-electron chi connectivity index (χ3n) is 1.59. The van der Waals surface area contributed by atoms with Crippen LogP contribution in [-0.4, -0.2) is 21.0 Å². The molecule has 82 valence electrons. The molecule has 0 spiro atoms. The number of aromatic nitrogens is 2. The second kappa shape index (κ2) is 4.82. The summed E-state index contributed by atoms with van der Waals surface area (Å²) in [6.45, 7) is 0. The molecule has 2 aromatic heterocycles. The van der Waals surface area contributed by atoms with Crippen LogP contribution in [0.2, 0.25) is 5.15 Å². The lowest BCUT2D eigenvalue weighted by Crippen LogP contribution is -1.89. The first-order chi connectivity index (χ1) is 7.65. The Kier molecular flexibility index (Phi) is 3.42. The van der Waals surface area contributed by atoms with E-state index in [0.29, 0.717) is 15.1 Å². The van der Waals surface area contributed by atoms with Gasteiger partial charge < -0.3 is 5.11 Å². The number of carboxylic acids is 1. The predicted octanol–water partition coefficient (Wildman–Crippen LogP) is 3.04. The molecule has 0 amide bonds. The second-order valence-electron chi connectivity index (χ2n) is 2.73. The second-order valence-corrected chi connectivity index (χ2v) is 5.13. The smallest absolute Gasteiger partial charge is 0.345 e. The Morgan fingerprint density at radius 1 is 1.50 bits per heavy atom. The first kappa shape index (κ1) is 11.4. The van der Waals surface area contributed by atoms with E-state index in [0.717, 1.165) is 4.90 Å². The molecule has 0 atom stereocenters. The molecule has 1 N–H and O–H groups in total. The van der Waals surface area contributed by atoms with Crippen molar-refractivity contribution >= 4 is 40.7 Å². The van der Waals surface area contributed by atoms with Crippen LogP contribution in [-0.2, 0) is 0 Å². The van der Waals surface area contributed by atoms with E-state index in [1.807, 2.05) is 0 Å². The van der Waals surface area contributed by atoms with Crippen molar-refractivity contribution in [1.82, 2.24) is 9.97 Å². The molecule has 2 heterocycles. The van der Waals surface area contributed by atoms with Crippen molar-refractivity contribution in [2.45, 2.75) is 9.92 Å². The maximum atomic E-state index is 10.7. The van der Waals surface area contributed by atoms with E-state index in [1.165, 1.54) is 29.3 Å². The van der Waals surface area contributed by atoms with Gasteiger partial charge in [0.25, 0.3) is 0 Å². The summed E-state index contributed by atoms with van der Waals surface area (Å²) in [4.78, 5) is 19.7. The van der Waals surface area contributed by atoms with Gasteiger partial charge in [0.2, 0.25) is 0 Å². The van der Waals surface area contributed by atoms with Crippen molar-refractivity contribution in [1.29, 1.82) is 0 Å². The number of aromatic carboxylic acids is 1. The van der Waals surface area contributed by atoms with E-state index in [1.54, 1.807) is 17.6 Å².